The molecule has 142 valence electrons. The molecule has 27 heavy (non-hydrogen) atoms. The van der Waals surface area contributed by atoms with Gasteiger partial charge in [0.15, 0.2) is 5.82 Å². The Bertz CT molecular complexity index is 901. The maximum Gasteiger partial charge on any atom is 0.258 e. The van der Waals surface area contributed by atoms with E-state index in [1.54, 1.807) is 31.6 Å². The molecule has 0 unspecified atom stereocenters. The van der Waals surface area contributed by atoms with Gasteiger partial charge in [0.05, 0.1) is 12.2 Å². The summed E-state index contributed by atoms with van der Waals surface area (Å²) in [6, 6.07) is 5.51. The summed E-state index contributed by atoms with van der Waals surface area (Å²) < 4.78 is 12.5. The SMILES string of the molecule is COCCn1c(C)cc(C(=O)NCCc2noc(-c3ccncc3)n2)c1C. The Hall–Kier alpha value is -3.00. The van der Waals surface area contributed by atoms with E-state index in [0.29, 0.717) is 36.9 Å². The highest BCUT2D eigenvalue weighted by Crippen LogP contribution is 2.16. The second-order valence-electron chi connectivity index (χ2n) is 6.19. The van der Waals surface area contributed by atoms with Gasteiger partial charge in [-0.3, -0.25) is 9.78 Å². The van der Waals surface area contributed by atoms with Gasteiger partial charge in [-0.2, -0.15) is 4.98 Å². The Morgan fingerprint density at radius 3 is 2.81 bits per heavy atom. The van der Waals surface area contributed by atoms with Gasteiger partial charge >= 0.3 is 0 Å². The highest BCUT2D eigenvalue weighted by Gasteiger charge is 2.16. The van der Waals surface area contributed by atoms with Gasteiger partial charge in [0.1, 0.15) is 0 Å². The Balaban J connectivity index is 1.57. The number of aromatic nitrogens is 4. The third-order valence-electron chi connectivity index (χ3n) is 4.37. The lowest BCUT2D eigenvalue weighted by molar-refractivity contribution is 0.0953. The first-order valence-corrected chi connectivity index (χ1v) is 8.77. The van der Waals surface area contributed by atoms with Crippen LogP contribution in [0.4, 0.5) is 0 Å². The number of hydrogen-bond donors (Lipinski definition) is 1. The topological polar surface area (TPSA) is 95.1 Å². The molecule has 1 amide bonds. The monoisotopic (exact) mass is 369 g/mol. The summed E-state index contributed by atoms with van der Waals surface area (Å²) in [6.07, 6.45) is 3.83. The van der Waals surface area contributed by atoms with Crippen LogP contribution in [0.1, 0.15) is 27.6 Å². The molecule has 0 aliphatic rings. The number of nitrogens with one attached hydrogen (secondary N) is 1. The van der Waals surface area contributed by atoms with Gasteiger partial charge in [0, 0.05) is 56.0 Å². The Kier molecular flexibility index (Phi) is 5.97. The van der Waals surface area contributed by atoms with Crippen molar-refractivity contribution in [2.45, 2.75) is 26.8 Å². The van der Waals surface area contributed by atoms with Crippen LogP contribution in [0.15, 0.2) is 35.1 Å². The maximum absolute atomic E-state index is 12.5. The summed E-state index contributed by atoms with van der Waals surface area (Å²) in [5, 5.41) is 6.87. The van der Waals surface area contributed by atoms with Crippen LogP contribution in [0.5, 0.6) is 0 Å². The molecule has 0 aromatic carbocycles. The van der Waals surface area contributed by atoms with E-state index in [-0.39, 0.29) is 5.91 Å². The number of methoxy groups -OCH3 is 1. The predicted octanol–water partition coefficient (Wildman–Crippen LogP) is 2.17. The van der Waals surface area contributed by atoms with E-state index in [4.69, 9.17) is 9.26 Å². The summed E-state index contributed by atoms with van der Waals surface area (Å²) in [4.78, 5) is 20.8. The lowest BCUT2D eigenvalue weighted by atomic mass is 10.2. The number of amides is 1. The number of rotatable bonds is 8. The van der Waals surface area contributed by atoms with E-state index in [1.165, 1.54) is 0 Å². The molecule has 3 aromatic rings. The summed E-state index contributed by atoms with van der Waals surface area (Å²) in [5.74, 6) is 0.887. The van der Waals surface area contributed by atoms with Gasteiger partial charge in [-0.15, -0.1) is 0 Å². The molecule has 0 saturated carbocycles. The zero-order chi connectivity index (χ0) is 19.2. The second-order valence-corrected chi connectivity index (χ2v) is 6.19. The largest absolute Gasteiger partial charge is 0.383 e. The summed E-state index contributed by atoms with van der Waals surface area (Å²) in [6.45, 7) is 5.68. The number of ether oxygens (including phenoxy) is 1. The minimum atomic E-state index is -0.107. The van der Waals surface area contributed by atoms with E-state index < -0.39 is 0 Å². The second kappa shape index (κ2) is 8.59. The summed E-state index contributed by atoms with van der Waals surface area (Å²) in [7, 11) is 1.67. The average Bonchev–Trinajstić information content (AvgIpc) is 3.26. The van der Waals surface area contributed by atoms with E-state index in [2.05, 4.69) is 25.0 Å². The van der Waals surface area contributed by atoms with E-state index >= 15 is 0 Å². The van der Waals surface area contributed by atoms with E-state index in [9.17, 15) is 4.79 Å². The van der Waals surface area contributed by atoms with Gasteiger partial charge in [-0.1, -0.05) is 5.16 Å². The highest BCUT2D eigenvalue weighted by molar-refractivity contribution is 5.95. The molecule has 3 rings (SSSR count). The molecule has 0 bridgehead atoms. The number of pyridine rings is 1. The van der Waals surface area contributed by atoms with Crippen molar-refractivity contribution in [3.63, 3.8) is 0 Å². The van der Waals surface area contributed by atoms with Crippen molar-refractivity contribution >= 4 is 5.91 Å². The number of carbonyl (C=O) groups excluding carboxylic acids is 1. The molecule has 0 radical (unpaired) electrons. The molecule has 8 heteroatoms. The van der Waals surface area contributed by atoms with Crippen molar-refractivity contribution in [3.05, 3.63) is 53.4 Å². The molecular formula is C19H23N5O3. The number of aryl methyl sites for hydroxylation is 1. The molecule has 3 heterocycles. The molecule has 0 spiro atoms. The van der Waals surface area contributed by atoms with Crippen LogP contribution in [-0.4, -0.2) is 45.9 Å². The zero-order valence-electron chi connectivity index (χ0n) is 15.7. The number of hydrogen-bond acceptors (Lipinski definition) is 6. The third-order valence-corrected chi connectivity index (χ3v) is 4.37. The molecule has 8 nitrogen and oxygen atoms in total. The van der Waals surface area contributed by atoms with E-state index in [1.807, 2.05) is 19.9 Å². The first kappa shape index (κ1) is 18.8. The first-order chi connectivity index (χ1) is 13.1. The molecule has 0 atom stereocenters. The number of nitrogens with zero attached hydrogens (tertiary/aromatic N) is 4. The average molecular weight is 369 g/mol. The molecule has 0 fully saturated rings. The normalized spacial score (nSPS) is 10.9. The van der Waals surface area contributed by atoms with Crippen LogP contribution in [-0.2, 0) is 17.7 Å². The van der Waals surface area contributed by atoms with Gasteiger partial charge in [-0.25, -0.2) is 0 Å². The Morgan fingerprint density at radius 2 is 2.07 bits per heavy atom. The standard InChI is InChI=1S/C19H23N5O3/c1-13-12-16(14(2)24(13)10-11-26-3)18(25)21-9-6-17-22-19(27-23-17)15-4-7-20-8-5-15/h4-5,7-8,12H,6,9-11H2,1-3H3,(H,21,25). The van der Waals surface area contributed by atoms with Gasteiger partial charge < -0.3 is 19.1 Å². The summed E-state index contributed by atoms with van der Waals surface area (Å²) >= 11 is 0. The van der Waals surface area contributed by atoms with Gasteiger partial charge in [-0.05, 0) is 32.0 Å². The van der Waals surface area contributed by atoms with Crippen LogP contribution in [0, 0.1) is 13.8 Å². The number of carbonyl (C=O) groups is 1. The Morgan fingerprint density at radius 1 is 1.30 bits per heavy atom. The van der Waals surface area contributed by atoms with Crippen LogP contribution >= 0.6 is 0 Å². The fraction of sp³-hybridized carbons (Fsp3) is 0.368. The fourth-order valence-electron chi connectivity index (χ4n) is 2.91. The molecular weight excluding hydrogens is 346 g/mol. The summed E-state index contributed by atoms with van der Waals surface area (Å²) in [5.41, 5.74) is 3.46. The van der Waals surface area contributed by atoms with Gasteiger partial charge in [0.25, 0.3) is 11.8 Å². The van der Waals surface area contributed by atoms with Crippen molar-refractivity contribution in [1.82, 2.24) is 25.0 Å². The molecule has 1 N–H and O–H groups in total. The molecule has 0 aliphatic heterocycles. The predicted molar refractivity (Wildman–Crippen MR) is 99.3 cm³/mol. The van der Waals surface area contributed by atoms with Crippen molar-refractivity contribution in [2.24, 2.45) is 0 Å². The third kappa shape index (κ3) is 4.40. The van der Waals surface area contributed by atoms with Crippen molar-refractivity contribution in [1.29, 1.82) is 0 Å². The van der Waals surface area contributed by atoms with Gasteiger partial charge in [0.2, 0.25) is 0 Å². The fourth-order valence-corrected chi connectivity index (χ4v) is 2.91. The molecule has 3 aromatic heterocycles. The minimum absolute atomic E-state index is 0.107. The van der Waals surface area contributed by atoms with Crippen molar-refractivity contribution < 1.29 is 14.1 Å². The maximum atomic E-state index is 12.5. The van der Waals surface area contributed by atoms with Crippen molar-refractivity contribution in [2.75, 3.05) is 20.3 Å². The first-order valence-electron chi connectivity index (χ1n) is 8.77. The van der Waals surface area contributed by atoms with Crippen LogP contribution < -0.4 is 5.32 Å². The molecule has 0 aliphatic carbocycles. The van der Waals surface area contributed by atoms with Crippen molar-refractivity contribution in [3.8, 4) is 11.5 Å². The van der Waals surface area contributed by atoms with Crippen LogP contribution in [0.25, 0.3) is 11.5 Å². The Labute approximate surface area is 157 Å². The lowest BCUT2D eigenvalue weighted by Gasteiger charge is -2.09. The smallest absolute Gasteiger partial charge is 0.258 e. The lowest BCUT2D eigenvalue weighted by Crippen LogP contribution is -2.26. The van der Waals surface area contributed by atoms with E-state index in [0.717, 1.165) is 23.5 Å². The highest BCUT2D eigenvalue weighted by atomic mass is 16.5. The quantitative estimate of drug-likeness (QED) is 0.654. The zero-order valence-corrected chi connectivity index (χ0v) is 15.7. The van der Waals surface area contributed by atoms with Crippen LogP contribution in [0.3, 0.4) is 0 Å². The minimum Gasteiger partial charge on any atom is -0.383 e. The van der Waals surface area contributed by atoms with Crippen LogP contribution in [0.2, 0.25) is 0 Å². The molecule has 0 saturated heterocycles.